The topological polar surface area (TPSA) is 259 Å². The third kappa shape index (κ3) is 24.7. The largest absolute Gasteiger partial charge is 0.417 e. The molecule has 0 aromatic heterocycles. The van der Waals surface area contributed by atoms with Crippen molar-refractivity contribution in [1.29, 1.82) is 0 Å². The molecule has 516 valence electrons. The summed E-state index contributed by atoms with van der Waals surface area (Å²) < 4.78 is 67.8. The number of aryl methyl sites for hydroxylation is 1. The van der Waals surface area contributed by atoms with Gasteiger partial charge in [0.1, 0.15) is 41.8 Å². The van der Waals surface area contributed by atoms with Gasteiger partial charge >= 0.3 is 6.18 Å². The number of carbonyl (C=O) groups excluding carboxylic acids is 11. The van der Waals surface area contributed by atoms with Crippen LogP contribution in [0.3, 0.4) is 0 Å². The molecule has 1 fully saturated rings. The number of alkyl halides is 5. The van der Waals surface area contributed by atoms with Crippen LogP contribution >= 0.6 is 11.6 Å². The number of amides is 11. The fourth-order valence-corrected chi connectivity index (χ4v) is 10.9. The highest BCUT2D eigenvalue weighted by atomic mass is 35.5. The molecule has 1 heterocycles. The third-order valence-corrected chi connectivity index (χ3v) is 16.7. The molecule has 91 heavy (non-hydrogen) atoms. The van der Waals surface area contributed by atoms with E-state index in [0.717, 1.165) is 42.7 Å². The van der Waals surface area contributed by atoms with Gasteiger partial charge in [-0.1, -0.05) is 85.9 Å². The van der Waals surface area contributed by atoms with Crippen LogP contribution in [0.2, 0.25) is 5.02 Å². The van der Waals surface area contributed by atoms with Gasteiger partial charge in [-0.05, 0) is 107 Å². The van der Waals surface area contributed by atoms with E-state index in [2.05, 4.69) is 21.3 Å². The summed E-state index contributed by atoms with van der Waals surface area (Å²) in [5.41, 5.74) is -2.64. The summed E-state index contributed by atoms with van der Waals surface area (Å²) in [5, 5.41) is 10.4. The molecule has 0 bridgehead atoms. The van der Waals surface area contributed by atoms with Crippen molar-refractivity contribution in [3.63, 3.8) is 0 Å². The third-order valence-electron chi connectivity index (χ3n) is 16.4. The average Bonchev–Trinajstić information content (AvgIpc) is 0.912. The molecule has 0 saturated carbocycles. The lowest BCUT2D eigenvalue weighted by Crippen LogP contribution is -2.63. The van der Waals surface area contributed by atoms with Crippen LogP contribution in [0.1, 0.15) is 151 Å². The number of carbonyl (C=O) groups is 11. The maximum atomic E-state index is 14.9. The first-order chi connectivity index (χ1) is 42.0. The zero-order chi connectivity index (χ0) is 69.9. The van der Waals surface area contributed by atoms with Gasteiger partial charge in [-0.15, -0.1) is 0 Å². The summed E-state index contributed by atoms with van der Waals surface area (Å²) >= 11 is 6.06. The van der Waals surface area contributed by atoms with E-state index in [1.807, 2.05) is 27.7 Å². The summed E-state index contributed by atoms with van der Waals surface area (Å²) in [4.78, 5) is 165. The molecular formula is C63H101ClF5N11O11. The van der Waals surface area contributed by atoms with Crippen LogP contribution in [0.25, 0.3) is 0 Å². The quantitative estimate of drug-likeness (QED) is 0.114. The number of halogens is 6. The molecule has 22 nitrogen and oxygen atoms in total. The Morgan fingerprint density at radius 3 is 1.62 bits per heavy atom. The van der Waals surface area contributed by atoms with Crippen LogP contribution in [0.15, 0.2) is 18.2 Å². The summed E-state index contributed by atoms with van der Waals surface area (Å²) in [6.07, 6.45) is -8.26. The first-order valence-corrected chi connectivity index (χ1v) is 31.5. The highest BCUT2D eigenvalue weighted by molar-refractivity contribution is 6.31. The van der Waals surface area contributed by atoms with E-state index in [9.17, 15) is 74.7 Å². The van der Waals surface area contributed by atoms with Crippen molar-refractivity contribution in [2.24, 2.45) is 23.7 Å². The molecular weight excluding hydrogens is 1220 g/mol. The van der Waals surface area contributed by atoms with Gasteiger partial charge in [0.05, 0.1) is 30.2 Å². The van der Waals surface area contributed by atoms with E-state index in [1.54, 1.807) is 34.6 Å². The number of nitrogens with zero attached hydrogens (tertiary/aromatic N) is 7. The van der Waals surface area contributed by atoms with Crippen LogP contribution in [-0.4, -0.2) is 223 Å². The van der Waals surface area contributed by atoms with Gasteiger partial charge in [-0.3, -0.25) is 52.7 Å². The number of rotatable bonds is 16. The fourth-order valence-electron chi connectivity index (χ4n) is 10.6. The van der Waals surface area contributed by atoms with Gasteiger partial charge in [0.25, 0.3) is 0 Å². The first-order valence-electron chi connectivity index (χ1n) is 31.1. The lowest BCUT2D eigenvalue weighted by molar-refractivity contribution is -0.149. The molecule has 1 saturated heterocycles. The number of hydrogen-bond donors (Lipinski definition) is 4. The number of likely N-dealkylation sites (N-methyl/N-ethyl adjacent to an activating group) is 7. The zero-order valence-corrected chi connectivity index (χ0v) is 57.2. The molecule has 0 spiro atoms. The smallest absolute Gasteiger partial charge is 0.351 e. The molecule has 11 amide bonds. The molecule has 1 aromatic carbocycles. The second-order valence-electron chi connectivity index (χ2n) is 26.2. The number of unbranched alkanes of at least 4 members (excludes halogenated alkanes) is 1. The van der Waals surface area contributed by atoms with Gasteiger partial charge in [0.2, 0.25) is 71.4 Å². The fraction of sp³-hybridized carbons (Fsp3) is 0.730. The summed E-state index contributed by atoms with van der Waals surface area (Å²) in [6.45, 7) is 16.8. The van der Waals surface area contributed by atoms with Crippen molar-refractivity contribution in [1.82, 2.24) is 55.6 Å². The van der Waals surface area contributed by atoms with Crippen LogP contribution in [-0.2, 0) is 65.3 Å². The van der Waals surface area contributed by atoms with Gasteiger partial charge < -0.3 is 55.6 Å². The van der Waals surface area contributed by atoms with E-state index in [-0.39, 0.29) is 81.1 Å². The summed E-state index contributed by atoms with van der Waals surface area (Å²) in [5.74, 6) is -9.26. The van der Waals surface area contributed by atoms with Crippen LogP contribution in [0.5, 0.6) is 0 Å². The molecule has 0 unspecified atom stereocenters. The first kappa shape index (κ1) is 80.4. The Bertz CT molecular complexity index is 2700. The van der Waals surface area contributed by atoms with Crippen molar-refractivity contribution in [3.8, 4) is 0 Å². The molecule has 1 aromatic rings. The summed E-state index contributed by atoms with van der Waals surface area (Å²) in [7, 11) is 9.21. The molecule has 1 aliphatic rings. The maximum Gasteiger partial charge on any atom is 0.417 e. The lowest BCUT2D eigenvalue weighted by Gasteiger charge is -2.38. The molecule has 2 rings (SSSR count). The highest BCUT2D eigenvalue weighted by Crippen LogP contribution is 2.35. The van der Waals surface area contributed by atoms with Crippen molar-refractivity contribution >= 4 is 76.6 Å². The van der Waals surface area contributed by atoms with Gasteiger partial charge in [0.15, 0.2) is 0 Å². The van der Waals surface area contributed by atoms with E-state index >= 15 is 0 Å². The van der Waals surface area contributed by atoms with Crippen LogP contribution in [0.4, 0.5) is 22.0 Å². The summed E-state index contributed by atoms with van der Waals surface area (Å²) in [6, 6.07) is -5.60. The Hall–Kier alpha value is -6.67. The van der Waals surface area contributed by atoms with E-state index in [4.69, 9.17) is 11.6 Å². The van der Waals surface area contributed by atoms with E-state index < -0.39 is 168 Å². The van der Waals surface area contributed by atoms with Crippen molar-refractivity contribution in [2.45, 2.75) is 207 Å². The Morgan fingerprint density at radius 2 is 1.10 bits per heavy atom. The van der Waals surface area contributed by atoms with Crippen molar-refractivity contribution < 1.29 is 74.7 Å². The number of nitrogens with one attached hydrogen (secondary N) is 4. The minimum absolute atomic E-state index is 0.00212. The molecule has 28 heteroatoms. The van der Waals surface area contributed by atoms with Crippen LogP contribution in [0, 0.1) is 23.7 Å². The van der Waals surface area contributed by atoms with E-state index in [0.29, 0.717) is 6.42 Å². The maximum absolute atomic E-state index is 14.9. The average molecular weight is 1320 g/mol. The van der Waals surface area contributed by atoms with Crippen molar-refractivity contribution in [3.05, 3.63) is 34.3 Å². The Morgan fingerprint density at radius 1 is 0.593 bits per heavy atom. The predicted octanol–water partition coefficient (Wildman–Crippen LogP) is 5.76. The second kappa shape index (κ2) is 36.0. The SMILES string of the molecule is CC[C@H](C)[C@@H]1NC(=O)[C@H](CC(C)C)N(C)C(=O)C[C@@H](C)NC(=O)[C@@H](CC(C)C)N(C)C(=O)C(C)(C)NC(=O)[C@H](CC(C)C)N(C)C(=O)[C@H](CCc2ccc(C(F)(F)F)c(Cl)c2)NC(=O)CN(C)C(=O)[C@H](CCCCC(F)F)N(C)C(=O)CN(C)C(=O)CN(C)C1=O. The Kier molecular flexibility index (Phi) is 31.8. The second-order valence-corrected chi connectivity index (χ2v) is 26.6. The van der Waals surface area contributed by atoms with Gasteiger partial charge in [-0.25, -0.2) is 8.78 Å². The minimum atomic E-state index is -4.79. The highest BCUT2D eigenvalue weighted by Gasteiger charge is 2.43. The number of hydrogen-bond acceptors (Lipinski definition) is 11. The molecule has 0 radical (unpaired) electrons. The zero-order valence-electron chi connectivity index (χ0n) is 56.4. The predicted molar refractivity (Wildman–Crippen MR) is 335 cm³/mol. The molecule has 0 aliphatic carbocycles. The Balaban J connectivity index is 2.88. The Labute approximate surface area is 539 Å². The standard InChI is InChI=1S/C63H101ClF5N11O11/c1-19-39(8)54-60(90)76(14)34-52(83)74(12)35-53(84)77(15)45(22-20-21-23-49(65)66)59(89)75(13)33-50(81)71-44(27-25-41-24-26-42(43(64)32-41)63(67,68)69)58(88)79(17)48(30-38(6)7)57(87)73-62(10,11)61(91)80(18)47(29-37(4)5)55(85)70-40(9)31-51(82)78(16)46(28-36(2)3)56(86)72-54/h24,26,32,36-40,44-49,54H,19-23,25,27-31,33-35H2,1-18H3,(H,70,85)(H,71,81)(H,72,86)(H,73,87)/t39-,40+,44-,45-,46-,47+,48-,54-/m0/s1. The van der Waals surface area contributed by atoms with Crippen LogP contribution < -0.4 is 21.3 Å². The lowest BCUT2D eigenvalue weighted by atomic mass is 9.95. The van der Waals surface area contributed by atoms with Crippen molar-refractivity contribution in [2.75, 3.05) is 69.0 Å². The normalized spacial score (nSPS) is 23.8. The minimum Gasteiger partial charge on any atom is -0.351 e. The number of benzene rings is 1. The van der Waals surface area contributed by atoms with Gasteiger partial charge in [-0.2, -0.15) is 13.2 Å². The monoisotopic (exact) mass is 1320 g/mol. The van der Waals surface area contributed by atoms with E-state index in [1.165, 1.54) is 73.0 Å². The van der Waals surface area contributed by atoms with Gasteiger partial charge in [0, 0.05) is 68.2 Å². The molecule has 8 atom stereocenters. The molecule has 1 aliphatic heterocycles. The molecule has 4 N–H and O–H groups in total.